The number of hydrogen-bond donors (Lipinski definition) is 1. The van der Waals surface area contributed by atoms with Gasteiger partial charge in [0.1, 0.15) is 18.2 Å². The van der Waals surface area contributed by atoms with Crippen molar-refractivity contribution in [3.63, 3.8) is 0 Å². The zero-order valence-electron chi connectivity index (χ0n) is 31.4. The Morgan fingerprint density at radius 3 is 2.47 bits per heavy atom. The van der Waals surface area contributed by atoms with Crippen molar-refractivity contribution >= 4 is 33.9 Å². The summed E-state index contributed by atoms with van der Waals surface area (Å²) in [5.41, 5.74) is 4.05. The van der Waals surface area contributed by atoms with Gasteiger partial charge in [-0.05, 0) is 53.9 Å². The molecule has 1 N–H and O–H groups in total. The molecule has 2 aromatic carbocycles. The number of anilines is 2. The molecule has 6 aromatic rings. The number of carbonyl (C=O) groups is 1. The van der Waals surface area contributed by atoms with Crippen LogP contribution < -0.4 is 10.9 Å². The predicted octanol–water partition coefficient (Wildman–Crippen LogP) is 6.51. The molecule has 4 aromatic heterocycles. The number of rotatable bonds is 8. The van der Waals surface area contributed by atoms with E-state index in [1.165, 1.54) is 19.2 Å². The maximum absolute atomic E-state index is 15.6. The molecular formula is C40H46FN9O3. The minimum absolute atomic E-state index is 0.0756. The average molecular weight is 720 g/mol. The molecule has 1 fully saturated rings. The van der Waals surface area contributed by atoms with Crippen LogP contribution in [0, 0.1) is 5.82 Å². The number of likely N-dealkylation sites (N-methyl/N-ethyl adjacent to an activating group) is 1. The summed E-state index contributed by atoms with van der Waals surface area (Å²) < 4.78 is 23.8. The Morgan fingerprint density at radius 1 is 1.00 bits per heavy atom. The first kappa shape index (κ1) is 37.2. The number of nitrogens with one attached hydrogen (secondary N) is 1. The molecule has 13 heteroatoms. The second-order valence-corrected chi connectivity index (χ2v) is 14.0. The lowest BCUT2D eigenvalue weighted by Gasteiger charge is -2.32. The topological polar surface area (TPSA) is 123 Å². The van der Waals surface area contributed by atoms with Gasteiger partial charge in [0.05, 0.1) is 28.7 Å². The first-order chi connectivity index (χ1) is 25.4. The number of fused-ring (bicyclic) bond motifs is 2. The quantitative estimate of drug-likeness (QED) is 0.174. The summed E-state index contributed by atoms with van der Waals surface area (Å²) in [6.07, 6.45) is 6.75. The highest BCUT2D eigenvalue weighted by Gasteiger charge is 2.22. The number of hydrogen-bond acceptors (Lipinski definition) is 10. The maximum Gasteiger partial charge on any atom is 0.302 e. The number of benzene rings is 2. The lowest BCUT2D eigenvalue weighted by Crippen LogP contribution is -2.43. The zero-order chi connectivity index (χ0) is 37.9. The van der Waals surface area contributed by atoms with Crippen molar-refractivity contribution in [2.75, 3.05) is 38.5 Å². The van der Waals surface area contributed by atoms with Crippen molar-refractivity contribution in [2.24, 2.45) is 0 Å². The van der Waals surface area contributed by atoms with Gasteiger partial charge in [0.2, 0.25) is 0 Å². The van der Waals surface area contributed by atoms with E-state index in [1.54, 1.807) is 35.1 Å². The number of piperazine rings is 1. The van der Waals surface area contributed by atoms with Crippen molar-refractivity contribution < 1.29 is 13.9 Å². The van der Waals surface area contributed by atoms with Gasteiger partial charge in [0, 0.05) is 74.8 Å². The highest BCUT2D eigenvalue weighted by atomic mass is 19.1. The summed E-state index contributed by atoms with van der Waals surface area (Å²) in [6.45, 7) is 16.1. The monoisotopic (exact) mass is 719 g/mol. The molecule has 276 valence electrons. The molecule has 0 amide bonds. The van der Waals surface area contributed by atoms with Crippen LogP contribution in [0.1, 0.15) is 58.2 Å². The van der Waals surface area contributed by atoms with Gasteiger partial charge in [-0.3, -0.25) is 14.5 Å². The average Bonchev–Trinajstić information content (AvgIpc) is 3.62. The molecule has 0 unspecified atom stereocenters. The molecule has 0 atom stereocenters. The maximum atomic E-state index is 15.6. The van der Waals surface area contributed by atoms with Crippen molar-refractivity contribution in [1.82, 2.24) is 39.2 Å². The van der Waals surface area contributed by atoms with E-state index < -0.39 is 17.3 Å². The summed E-state index contributed by atoms with van der Waals surface area (Å²) in [5, 5.41) is 13.0. The van der Waals surface area contributed by atoms with E-state index in [9.17, 15) is 9.59 Å². The molecule has 5 heterocycles. The van der Waals surface area contributed by atoms with Crippen LogP contribution in [0.2, 0.25) is 0 Å². The van der Waals surface area contributed by atoms with Crippen LogP contribution in [0.4, 0.5) is 15.9 Å². The predicted molar refractivity (Wildman–Crippen MR) is 205 cm³/mol. The first-order valence-electron chi connectivity index (χ1n) is 17.9. The number of aromatic nitrogens is 6. The molecule has 12 nitrogen and oxygen atoms in total. The van der Waals surface area contributed by atoms with E-state index >= 15 is 4.39 Å². The summed E-state index contributed by atoms with van der Waals surface area (Å²) in [6, 6.07) is 14.3. The van der Waals surface area contributed by atoms with Gasteiger partial charge >= 0.3 is 5.97 Å². The van der Waals surface area contributed by atoms with Crippen LogP contribution in [0.25, 0.3) is 33.4 Å². The Morgan fingerprint density at radius 2 is 1.77 bits per heavy atom. The Hall–Kier alpha value is -5.53. The molecule has 53 heavy (non-hydrogen) atoms. The second-order valence-electron chi connectivity index (χ2n) is 14.0. The molecule has 0 bridgehead atoms. The van der Waals surface area contributed by atoms with Crippen LogP contribution in [0.3, 0.4) is 0 Å². The van der Waals surface area contributed by atoms with Crippen LogP contribution in [-0.4, -0.2) is 78.4 Å². The normalized spacial score (nSPS) is 13.9. The van der Waals surface area contributed by atoms with Crippen molar-refractivity contribution in [3.8, 4) is 16.9 Å². The fourth-order valence-corrected chi connectivity index (χ4v) is 6.31. The standard InChI is InChI=1S/C38H40FN9O3.C2H6/c1-24(49)51-23-29-28(7-6-8-33(29)48-37(50)35-26(21-42-48)17-27(18-30(35)39)38(2,3)4)31-19-32(36-40-11-12-47(36)44-31)43-34-10-9-25(20-41-34)22-46-15-13-45(5)14-16-46;1-2/h6-12,17-21H,13-16,22-23H2,1-5H3,(H,41,43);1-2H3. The fourth-order valence-electron chi connectivity index (χ4n) is 6.31. The van der Waals surface area contributed by atoms with Gasteiger partial charge in [-0.15, -0.1) is 0 Å². The highest BCUT2D eigenvalue weighted by molar-refractivity contribution is 5.83. The third-order valence-corrected chi connectivity index (χ3v) is 9.23. The van der Waals surface area contributed by atoms with Crippen LogP contribution >= 0.6 is 0 Å². The molecule has 1 saturated heterocycles. The van der Waals surface area contributed by atoms with Crippen LogP contribution in [-0.2, 0) is 28.1 Å². The van der Waals surface area contributed by atoms with E-state index in [1.807, 2.05) is 59.0 Å². The van der Waals surface area contributed by atoms with Gasteiger partial charge in [-0.1, -0.05) is 52.8 Å². The lowest BCUT2D eigenvalue weighted by atomic mass is 9.86. The third-order valence-electron chi connectivity index (χ3n) is 9.23. The number of imidazole rings is 1. The van der Waals surface area contributed by atoms with E-state index in [0.717, 1.165) is 48.5 Å². The minimum atomic E-state index is -0.630. The SMILES string of the molecule is CC.CC(=O)OCc1c(-c2cc(Nc3ccc(CN4CCN(C)CC4)cn3)c3nccn3n2)cccc1-n1ncc2cc(C(C)(C)C)cc(F)c2c1=O. The van der Waals surface area contributed by atoms with E-state index in [-0.39, 0.29) is 17.4 Å². The Kier molecular flexibility index (Phi) is 11.0. The Balaban J connectivity index is 0.00000236. The van der Waals surface area contributed by atoms with Crippen molar-refractivity contribution in [2.45, 2.75) is 60.1 Å². The lowest BCUT2D eigenvalue weighted by molar-refractivity contribution is -0.142. The van der Waals surface area contributed by atoms with Crippen LogP contribution in [0.15, 0.2) is 78.1 Å². The second kappa shape index (κ2) is 15.6. The van der Waals surface area contributed by atoms with Gasteiger partial charge in [0.25, 0.3) is 5.56 Å². The summed E-state index contributed by atoms with van der Waals surface area (Å²) >= 11 is 0. The molecule has 0 radical (unpaired) electrons. The molecule has 0 aliphatic carbocycles. The molecule has 7 rings (SSSR count). The summed E-state index contributed by atoms with van der Waals surface area (Å²) in [4.78, 5) is 39.9. The van der Waals surface area contributed by atoms with E-state index in [2.05, 4.69) is 43.3 Å². The largest absolute Gasteiger partial charge is 0.461 e. The number of halogens is 1. The molecule has 0 saturated carbocycles. The van der Waals surface area contributed by atoms with Gasteiger partial charge < -0.3 is 15.0 Å². The molecular weight excluding hydrogens is 673 g/mol. The van der Waals surface area contributed by atoms with Crippen LogP contribution in [0.5, 0.6) is 0 Å². The number of esters is 1. The van der Waals surface area contributed by atoms with E-state index in [4.69, 9.17) is 9.84 Å². The van der Waals surface area contributed by atoms with E-state index in [0.29, 0.717) is 45.0 Å². The molecule has 1 aliphatic heterocycles. The number of nitrogens with zero attached hydrogens (tertiary/aromatic N) is 8. The number of pyridine rings is 1. The van der Waals surface area contributed by atoms with Gasteiger partial charge in [-0.2, -0.15) is 14.9 Å². The van der Waals surface area contributed by atoms with Crippen molar-refractivity contribution in [3.05, 3.63) is 106 Å². The van der Waals surface area contributed by atoms with Gasteiger partial charge in [0.15, 0.2) is 5.65 Å². The zero-order valence-corrected chi connectivity index (χ0v) is 31.4. The Bertz CT molecular complexity index is 2300. The number of carbonyl (C=O) groups excluding carboxylic acids is 1. The molecule has 1 aliphatic rings. The Labute approximate surface area is 308 Å². The van der Waals surface area contributed by atoms with Crippen molar-refractivity contribution in [1.29, 1.82) is 0 Å². The molecule has 0 spiro atoms. The third kappa shape index (κ3) is 8.11. The first-order valence-corrected chi connectivity index (χ1v) is 17.9. The fraction of sp³-hybridized carbons (Fsp3) is 0.350. The smallest absolute Gasteiger partial charge is 0.302 e. The van der Waals surface area contributed by atoms with Gasteiger partial charge in [-0.25, -0.2) is 18.9 Å². The highest BCUT2D eigenvalue weighted by Crippen LogP contribution is 2.32. The number of ether oxygens (including phenoxy) is 1. The minimum Gasteiger partial charge on any atom is -0.461 e. The summed E-state index contributed by atoms with van der Waals surface area (Å²) in [5.74, 6) is -0.491. The summed E-state index contributed by atoms with van der Waals surface area (Å²) in [7, 11) is 2.14.